The normalized spacial score (nSPS) is 12.4. The molecule has 0 aliphatic carbocycles. The molecule has 164 valence electrons. The number of para-hydroxylation sites is 1. The standard InChI is InChI=1S/C25H30ClN3O2/c1-6-21(28(7-2)23(30)14-16(3)4)24-27-20-11-9-8-10-19(20)25(31)29(24)22-13-12-18(26)15-17(22)5/h8-13,15-16,21H,6-7,14H2,1-5H3. The highest BCUT2D eigenvalue weighted by Gasteiger charge is 2.28. The minimum Gasteiger partial charge on any atom is -0.333 e. The predicted molar refractivity (Wildman–Crippen MR) is 127 cm³/mol. The number of benzene rings is 2. The molecule has 6 heteroatoms. The van der Waals surface area contributed by atoms with Crippen LogP contribution in [0.15, 0.2) is 47.3 Å². The summed E-state index contributed by atoms with van der Waals surface area (Å²) < 4.78 is 1.66. The molecule has 0 saturated heterocycles. The Kier molecular flexibility index (Phi) is 7.16. The molecule has 2 aromatic carbocycles. The molecule has 3 rings (SSSR count). The third-order valence-corrected chi connectivity index (χ3v) is 5.74. The monoisotopic (exact) mass is 439 g/mol. The van der Waals surface area contributed by atoms with Crippen LogP contribution in [0.25, 0.3) is 16.6 Å². The summed E-state index contributed by atoms with van der Waals surface area (Å²) in [5.41, 5.74) is 2.10. The van der Waals surface area contributed by atoms with E-state index in [1.165, 1.54) is 0 Å². The second-order valence-electron chi connectivity index (χ2n) is 8.26. The maximum Gasteiger partial charge on any atom is 0.266 e. The summed E-state index contributed by atoms with van der Waals surface area (Å²) in [4.78, 5) is 33.5. The van der Waals surface area contributed by atoms with Gasteiger partial charge in [-0.05, 0) is 62.1 Å². The van der Waals surface area contributed by atoms with Crippen molar-refractivity contribution in [3.63, 3.8) is 0 Å². The first-order valence-corrected chi connectivity index (χ1v) is 11.2. The van der Waals surface area contributed by atoms with Gasteiger partial charge in [0.15, 0.2) is 0 Å². The van der Waals surface area contributed by atoms with E-state index in [9.17, 15) is 9.59 Å². The summed E-state index contributed by atoms with van der Waals surface area (Å²) in [7, 11) is 0. The number of carbonyl (C=O) groups excluding carboxylic acids is 1. The van der Waals surface area contributed by atoms with Gasteiger partial charge in [-0.2, -0.15) is 0 Å². The lowest BCUT2D eigenvalue weighted by Crippen LogP contribution is -2.39. The lowest BCUT2D eigenvalue weighted by atomic mass is 10.1. The van der Waals surface area contributed by atoms with Gasteiger partial charge >= 0.3 is 0 Å². The average Bonchev–Trinajstić information content (AvgIpc) is 2.72. The Hall–Kier alpha value is -2.66. The third kappa shape index (κ3) is 4.67. The van der Waals surface area contributed by atoms with Gasteiger partial charge in [0.05, 0.1) is 22.6 Å². The number of nitrogens with zero attached hydrogens (tertiary/aromatic N) is 3. The molecular formula is C25H30ClN3O2. The molecule has 31 heavy (non-hydrogen) atoms. The number of aryl methyl sites for hydroxylation is 1. The number of aromatic nitrogens is 2. The summed E-state index contributed by atoms with van der Waals surface area (Å²) in [5.74, 6) is 0.908. The molecule has 0 saturated carbocycles. The fraction of sp³-hybridized carbons (Fsp3) is 0.400. The van der Waals surface area contributed by atoms with Gasteiger partial charge in [-0.1, -0.05) is 44.5 Å². The summed E-state index contributed by atoms with van der Waals surface area (Å²) in [6, 6.07) is 12.5. The number of fused-ring (bicyclic) bond motifs is 1. The van der Waals surface area contributed by atoms with Crippen molar-refractivity contribution in [3.05, 3.63) is 69.2 Å². The zero-order chi connectivity index (χ0) is 22.7. The molecule has 3 aromatic rings. The predicted octanol–water partition coefficient (Wildman–Crippen LogP) is 5.69. The van der Waals surface area contributed by atoms with Crippen molar-refractivity contribution in [2.24, 2.45) is 5.92 Å². The molecule has 0 radical (unpaired) electrons. The largest absolute Gasteiger partial charge is 0.333 e. The Bertz CT molecular complexity index is 1150. The molecule has 0 aliphatic rings. The van der Waals surface area contributed by atoms with Crippen molar-refractivity contribution in [1.29, 1.82) is 0 Å². The molecule has 0 fully saturated rings. The zero-order valence-electron chi connectivity index (χ0n) is 18.9. The molecule has 1 heterocycles. The second kappa shape index (κ2) is 9.65. The van der Waals surface area contributed by atoms with E-state index in [0.717, 1.165) is 11.3 Å². The van der Waals surface area contributed by atoms with Crippen LogP contribution >= 0.6 is 11.6 Å². The van der Waals surface area contributed by atoms with Crippen molar-refractivity contribution in [3.8, 4) is 5.69 Å². The molecular weight excluding hydrogens is 410 g/mol. The van der Waals surface area contributed by atoms with E-state index < -0.39 is 0 Å². The molecule has 1 amide bonds. The van der Waals surface area contributed by atoms with Gasteiger partial charge in [0.25, 0.3) is 5.56 Å². The fourth-order valence-corrected chi connectivity index (χ4v) is 4.28. The van der Waals surface area contributed by atoms with Gasteiger partial charge in [-0.25, -0.2) is 4.98 Å². The average molecular weight is 440 g/mol. The van der Waals surface area contributed by atoms with Crippen LogP contribution in [0.4, 0.5) is 0 Å². The number of rotatable bonds is 7. The van der Waals surface area contributed by atoms with Gasteiger partial charge in [0.1, 0.15) is 5.82 Å². The van der Waals surface area contributed by atoms with Crippen molar-refractivity contribution in [1.82, 2.24) is 14.5 Å². The van der Waals surface area contributed by atoms with E-state index in [0.29, 0.717) is 41.1 Å². The van der Waals surface area contributed by atoms with E-state index in [2.05, 4.69) is 0 Å². The SMILES string of the molecule is CCC(c1nc2ccccc2c(=O)n1-c1ccc(Cl)cc1C)N(CC)C(=O)CC(C)C. The lowest BCUT2D eigenvalue weighted by molar-refractivity contribution is -0.134. The quantitative estimate of drug-likeness (QED) is 0.475. The first kappa shape index (κ1) is 23.0. The van der Waals surface area contributed by atoms with Crippen molar-refractivity contribution >= 4 is 28.4 Å². The van der Waals surface area contributed by atoms with Gasteiger partial charge < -0.3 is 4.90 Å². The molecule has 0 aliphatic heterocycles. The molecule has 0 spiro atoms. The van der Waals surface area contributed by atoms with Gasteiger partial charge in [0, 0.05) is 18.0 Å². The summed E-state index contributed by atoms with van der Waals surface area (Å²) in [6.07, 6.45) is 1.11. The van der Waals surface area contributed by atoms with Crippen LogP contribution in [0, 0.1) is 12.8 Å². The van der Waals surface area contributed by atoms with Crippen molar-refractivity contribution in [2.45, 2.75) is 53.5 Å². The molecule has 0 N–H and O–H groups in total. The smallest absolute Gasteiger partial charge is 0.266 e. The molecule has 5 nitrogen and oxygen atoms in total. The Morgan fingerprint density at radius 2 is 1.87 bits per heavy atom. The molecule has 1 unspecified atom stereocenters. The molecule has 1 aromatic heterocycles. The van der Waals surface area contributed by atoms with E-state index in [4.69, 9.17) is 16.6 Å². The van der Waals surface area contributed by atoms with Gasteiger partial charge in [-0.3, -0.25) is 14.2 Å². The minimum absolute atomic E-state index is 0.0751. The lowest BCUT2D eigenvalue weighted by Gasteiger charge is -2.32. The number of carbonyl (C=O) groups is 1. The van der Waals surface area contributed by atoms with Crippen LogP contribution < -0.4 is 5.56 Å². The van der Waals surface area contributed by atoms with Crippen LogP contribution in [-0.2, 0) is 4.79 Å². The Morgan fingerprint density at radius 3 is 2.48 bits per heavy atom. The highest BCUT2D eigenvalue weighted by atomic mass is 35.5. The van der Waals surface area contributed by atoms with Gasteiger partial charge in [-0.15, -0.1) is 0 Å². The number of hydrogen-bond acceptors (Lipinski definition) is 3. The van der Waals surface area contributed by atoms with Crippen LogP contribution in [-0.4, -0.2) is 26.9 Å². The number of hydrogen-bond donors (Lipinski definition) is 0. The Balaban J connectivity index is 2.31. The second-order valence-corrected chi connectivity index (χ2v) is 8.70. The summed E-state index contributed by atoms with van der Waals surface area (Å²) >= 11 is 6.18. The van der Waals surface area contributed by atoms with Crippen molar-refractivity contribution < 1.29 is 4.79 Å². The first-order chi connectivity index (χ1) is 14.8. The topological polar surface area (TPSA) is 55.2 Å². The van der Waals surface area contributed by atoms with E-state index in [-0.39, 0.29) is 23.4 Å². The Labute approximate surface area is 188 Å². The third-order valence-electron chi connectivity index (χ3n) is 5.51. The summed E-state index contributed by atoms with van der Waals surface area (Å²) in [6.45, 7) is 10.5. The van der Waals surface area contributed by atoms with Gasteiger partial charge in [0.2, 0.25) is 5.91 Å². The highest BCUT2D eigenvalue weighted by molar-refractivity contribution is 6.30. The number of amides is 1. The van der Waals surface area contributed by atoms with Crippen LogP contribution in [0.5, 0.6) is 0 Å². The zero-order valence-corrected chi connectivity index (χ0v) is 19.6. The highest BCUT2D eigenvalue weighted by Crippen LogP contribution is 2.28. The van der Waals surface area contributed by atoms with E-state index >= 15 is 0 Å². The Morgan fingerprint density at radius 1 is 1.16 bits per heavy atom. The maximum atomic E-state index is 13.7. The van der Waals surface area contributed by atoms with Crippen molar-refractivity contribution in [2.75, 3.05) is 6.54 Å². The van der Waals surface area contributed by atoms with Crippen LogP contribution in [0.2, 0.25) is 5.02 Å². The number of halogens is 1. The fourth-order valence-electron chi connectivity index (χ4n) is 4.06. The molecule has 1 atom stereocenters. The van der Waals surface area contributed by atoms with E-state index in [1.807, 2.05) is 69.9 Å². The summed E-state index contributed by atoms with van der Waals surface area (Å²) in [5, 5.41) is 1.16. The minimum atomic E-state index is -0.316. The molecule has 0 bridgehead atoms. The van der Waals surface area contributed by atoms with E-state index in [1.54, 1.807) is 16.7 Å². The first-order valence-electron chi connectivity index (χ1n) is 10.9. The maximum absolute atomic E-state index is 13.7. The van der Waals surface area contributed by atoms with Crippen LogP contribution in [0.1, 0.15) is 58.0 Å². The van der Waals surface area contributed by atoms with Crippen LogP contribution in [0.3, 0.4) is 0 Å².